The summed E-state index contributed by atoms with van der Waals surface area (Å²) in [5.74, 6) is 5.77. The molecule has 4 aliphatic rings. The Balaban J connectivity index is 1.50. The maximum atomic E-state index is 12.7. The number of esters is 1. The lowest BCUT2D eigenvalue weighted by Crippen LogP contribution is -2.54. The van der Waals surface area contributed by atoms with Crippen molar-refractivity contribution in [2.45, 2.75) is 103 Å². The lowest BCUT2D eigenvalue weighted by molar-refractivity contribution is -0.170. The first-order chi connectivity index (χ1) is 14.8. The second kappa shape index (κ2) is 8.76. The highest BCUT2D eigenvalue weighted by atomic mass is 16.6. The fourth-order valence-electron chi connectivity index (χ4n) is 7.73. The van der Waals surface area contributed by atoms with E-state index < -0.39 is 5.60 Å². The van der Waals surface area contributed by atoms with Crippen LogP contribution in [0.3, 0.4) is 0 Å². The predicted molar refractivity (Wildman–Crippen MR) is 123 cm³/mol. The Morgan fingerprint density at radius 1 is 1.19 bits per heavy atom. The number of hydrogen-bond donors (Lipinski definition) is 0. The van der Waals surface area contributed by atoms with E-state index in [0.29, 0.717) is 35.9 Å². The quantitative estimate of drug-likeness (QED) is 0.287. The molecule has 0 N–H and O–H groups in total. The molecule has 0 aliphatic heterocycles. The van der Waals surface area contributed by atoms with Crippen LogP contribution in [0.25, 0.3) is 0 Å². The Morgan fingerprint density at radius 3 is 2.74 bits per heavy atom. The van der Waals surface area contributed by atoms with Crippen molar-refractivity contribution < 1.29 is 14.3 Å². The first kappa shape index (κ1) is 22.6. The van der Waals surface area contributed by atoms with Gasteiger partial charge in [-0.05, 0) is 81.1 Å². The number of allylic oxidation sites excluding steroid dienone is 1. The zero-order valence-electron chi connectivity index (χ0n) is 19.8. The smallest absolute Gasteiger partial charge is 0.307 e. The number of unbranched alkanes of at least 4 members (excludes halogenated alkanes) is 3. The van der Waals surface area contributed by atoms with Crippen LogP contribution < -0.4 is 0 Å². The number of terminal acetylenes is 1. The summed E-state index contributed by atoms with van der Waals surface area (Å²) >= 11 is 0. The number of carbonyl (C=O) groups is 2. The summed E-state index contributed by atoms with van der Waals surface area (Å²) in [5.41, 5.74) is 0.545. The molecule has 3 fully saturated rings. The number of ketones is 1. The Kier molecular flexibility index (Phi) is 6.39. The minimum Gasteiger partial charge on any atom is -0.445 e. The molecule has 7 atom stereocenters. The van der Waals surface area contributed by atoms with Crippen molar-refractivity contribution in [3.8, 4) is 12.3 Å². The molecule has 0 aromatic carbocycles. The van der Waals surface area contributed by atoms with Gasteiger partial charge in [0.05, 0.1) is 0 Å². The average Bonchev–Trinajstić information content (AvgIpc) is 3.04. The number of rotatable bonds is 6. The molecule has 0 amide bonds. The van der Waals surface area contributed by atoms with Crippen molar-refractivity contribution in [2.75, 3.05) is 0 Å². The molecule has 0 bridgehead atoms. The Morgan fingerprint density at radius 2 is 2.00 bits per heavy atom. The van der Waals surface area contributed by atoms with Gasteiger partial charge in [-0.3, -0.25) is 9.59 Å². The zero-order valence-corrected chi connectivity index (χ0v) is 19.8. The van der Waals surface area contributed by atoms with E-state index in [9.17, 15) is 9.59 Å². The molecule has 170 valence electrons. The minimum absolute atomic E-state index is 0.105. The van der Waals surface area contributed by atoms with Crippen LogP contribution in [0.2, 0.25) is 0 Å². The van der Waals surface area contributed by atoms with E-state index in [4.69, 9.17) is 11.2 Å². The van der Waals surface area contributed by atoms with E-state index in [1.165, 1.54) is 5.57 Å². The molecule has 1 unspecified atom stereocenters. The predicted octanol–water partition coefficient (Wildman–Crippen LogP) is 6.26. The minimum atomic E-state index is -0.740. The van der Waals surface area contributed by atoms with E-state index in [1.54, 1.807) is 0 Å². The topological polar surface area (TPSA) is 43.4 Å². The molecule has 0 radical (unpaired) electrons. The highest BCUT2D eigenvalue weighted by Gasteiger charge is 2.64. The van der Waals surface area contributed by atoms with E-state index in [0.717, 1.165) is 70.6 Å². The van der Waals surface area contributed by atoms with Crippen LogP contribution in [0.1, 0.15) is 97.8 Å². The van der Waals surface area contributed by atoms with Gasteiger partial charge < -0.3 is 4.74 Å². The third kappa shape index (κ3) is 3.79. The van der Waals surface area contributed by atoms with Gasteiger partial charge in [0.15, 0.2) is 11.4 Å². The maximum Gasteiger partial charge on any atom is 0.307 e. The zero-order chi connectivity index (χ0) is 22.2. The molecule has 3 saturated carbocycles. The monoisotopic (exact) mass is 424 g/mol. The molecule has 31 heavy (non-hydrogen) atoms. The highest BCUT2D eigenvalue weighted by molar-refractivity contribution is 5.93. The summed E-state index contributed by atoms with van der Waals surface area (Å²) < 4.78 is 6.19. The van der Waals surface area contributed by atoms with Crippen LogP contribution in [0.5, 0.6) is 0 Å². The summed E-state index contributed by atoms with van der Waals surface area (Å²) in [6.45, 7) is 6.58. The lowest BCUT2D eigenvalue weighted by atomic mass is 9.50. The van der Waals surface area contributed by atoms with Crippen LogP contribution >= 0.6 is 0 Å². The first-order valence-corrected chi connectivity index (χ1v) is 12.8. The SMILES string of the molecule is C#C[C@]1(OC(=O)CCCCCC)CC[C@H]2[C@@H]3CCC4=CC(=O)C(C)C[C@@H]4[C@H]3CC[C@@]21C. The van der Waals surface area contributed by atoms with Gasteiger partial charge in [0.1, 0.15) is 0 Å². The van der Waals surface area contributed by atoms with Crippen molar-refractivity contribution in [3.05, 3.63) is 11.6 Å². The van der Waals surface area contributed by atoms with Crippen LogP contribution in [-0.2, 0) is 14.3 Å². The molecule has 0 saturated heterocycles. The van der Waals surface area contributed by atoms with Gasteiger partial charge in [-0.1, -0.05) is 51.5 Å². The van der Waals surface area contributed by atoms with E-state index in [2.05, 4.69) is 26.7 Å². The molecule has 4 aliphatic carbocycles. The largest absolute Gasteiger partial charge is 0.445 e. The van der Waals surface area contributed by atoms with Crippen LogP contribution in [0.4, 0.5) is 0 Å². The average molecular weight is 425 g/mol. The van der Waals surface area contributed by atoms with Crippen LogP contribution in [0, 0.1) is 47.3 Å². The summed E-state index contributed by atoms with van der Waals surface area (Å²) in [4.78, 5) is 25.0. The van der Waals surface area contributed by atoms with Gasteiger partial charge in [-0.2, -0.15) is 0 Å². The highest BCUT2D eigenvalue weighted by Crippen LogP contribution is 2.65. The van der Waals surface area contributed by atoms with Gasteiger partial charge in [-0.15, -0.1) is 6.42 Å². The summed E-state index contributed by atoms with van der Waals surface area (Å²) in [6.07, 6.45) is 20.1. The van der Waals surface area contributed by atoms with Crippen molar-refractivity contribution in [1.29, 1.82) is 0 Å². The maximum absolute atomic E-state index is 12.7. The molecule has 3 nitrogen and oxygen atoms in total. The summed E-state index contributed by atoms with van der Waals surface area (Å²) in [7, 11) is 0. The molecule has 0 spiro atoms. The summed E-state index contributed by atoms with van der Waals surface area (Å²) in [5, 5.41) is 0. The molecule has 0 aromatic rings. The van der Waals surface area contributed by atoms with Crippen LogP contribution in [0.15, 0.2) is 11.6 Å². The van der Waals surface area contributed by atoms with E-state index >= 15 is 0 Å². The molecule has 0 heterocycles. The van der Waals surface area contributed by atoms with Gasteiger partial charge >= 0.3 is 5.97 Å². The third-order valence-electron chi connectivity index (χ3n) is 9.55. The van der Waals surface area contributed by atoms with Gasteiger partial charge in [0.2, 0.25) is 0 Å². The normalized spacial score (nSPS) is 41.4. The van der Waals surface area contributed by atoms with E-state index in [-0.39, 0.29) is 17.3 Å². The number of ether oxygens (including phenoxy) is 1. The molecule has 4 rings (SSSR count). The second-order valence-electron chi connectivity index (χ2n) is 11.1. The Labute approximate surface area is 188 Å². The number of fused-ring (bicyclic) bond motifs is 5. The summed E-state index contributed by atoms with van der Waals surface area (Å²) in [6, 6.07) is 0. The number of hydrogen-bond acceptors (Lipinski definition) is 3. The second-order valence-corrected chi connectivity index (χ2v) is 11.1. The fourth-order valence-corrected chi connectivity index (χ4v) is 7.73. The van der Waals surface area contributed by atoms with Gasteiger partial charge in [0, 0.05) is 17.8 Å². The van der Waals surface area contributed by atoms with Crippen molar-refractivity contribution >= 4 is 11.8 Å². The standard InChI is InChI=1S/C28H40O3/c1-5-7-8-9-10-26(30)31-28(6-2)16-14-24-22-12-11-20-18-25(29)19(3)17-23(20)21(22)13-15-27(24,28)4/h2,18-19,21-24H,5,7-17H2,1,3-4H3/t19?,21-,22+,23-,24-,27-,28-/m0/s1. The molecular formula is C28H40O3. The lowest BCUT2D eigenvalue weighted by Gasteiger charge is -2.55. The Bertz CT molecular complexity index is 789. The van der Waals surface area contributed by atoms with Gasteiger partial charge in [-0.25, -0.2) is 0 Å². The van der Waals surface area contributed by atoms with E-state index in [1.807, 2.05) is 6.08 Å². The third-order valence-corrected chi connectivity index (χ3v) is 9.55. The fraction of sp³-hybridized carbons (Fsp3) is 0.786. The van der Waals surface area contributed by atoms with Crippen LogP contribution in [-0.4, -0.2) is 17.4 Å². The Hall–Kier alpha value is -1.56. The first-order valence-electron chi connectivity index (χ1n) is 12.8. The number of carbonyl (C=O) groups excluding carboxylic acids is 2. The van der Waals surface area contributed by atoms with Gasteiger partial charge in [0.25, 0.3) is 0 Å². The molecule has 0 aromatic heterocycles. The molecular weight excluding hydrogens is 384 g/mol. The van der Waals surface area contributed by atoms with Crippen molar-refractivity contribution in [3.63, 3.8) is 0 Å². The van der Waals surface area contributed by atoms with Crippen molar-refractivity contribution in [2.24, 2.45) is 35.0 Å². The molecule has 3 heteroatoms. The van der Waals surface area contributed by atoms with Crippen molar-refractivity contribution in [1.82, 2.24) is 0 Å².